The third-order valence-electron chi connectivity index (χ3n) is 3.67. The first-order valence-electron chi connectivity index (χ1n) is 7.58. The predicted molar refractivity (Wildman–Crippen MR) is 103 cm³/mol. The summed E-state index contributed by atoms with van der Waals surface area (Å²) in [4.78, 5) is 16.6. The van der Waals surface area contributed by atoms with Crippen LogP contribution in [0.5, 0.6) is 0 Å². The molecule has 1 amide bonds. The highest BCUT2D eigenvalue weighted by molar-refractivity contribution is 6.34. The van der Waals surface area contributed by atoms with Crippen LogP contribution in [0.3, 0.4) is 0 Å². The molecule has 1 aromatic heterocycles. The molecule has 0 unspecified atom stereocenters. The third-order valence-corrected chi connectivity index (χ3v) is 4.41. The minimum absolute atomic E-state index is 0.279. The highest BCUT2D eigenvalue weighted by Gasteiger charge is 2.10. The van der Waals surface area contributed by atoms with Crippen molar-refractivity contribution in [3.63, 3.8) is 0 Å². The Morgan fingerprint density at radius 2 is 1.72 bits per heavy atom. The zero-order valence-electron chi connectivity index (χ0n) is 13.4. The topological polar surface area (TPSA) is 54.0 Å². The standard InChI is InChI=1S/C19H15Cl2N3O/c1-12-15(20)7-4-8-17(12)24-18-10-9-13(11-22-18)23-19(25)14-5-2-3-6-16(14)21/h2-11H,1H3,(H,22,24)(H,23,25). The Morgan fingerprint density at radius 3 is 2.44 bits per heavy atom. The fourth-order valence-corrected chi connectivity index (χ4v) is 2.66. The monoisotopic (exact) mass is 371 g/mol. The highest BCUT2D eigenvalue weighted by Crippen LogP contribution is 2.26. The molecule has 0 aliphatic rings. The van der Waals surface area contributed by atoms with Gasteiger partial charge in [0.15, 0.2) is 0 Å². The Hall–Kier alpha value is -2.56. The Morgan fingerprint density at radius 1 is 0.960 bits per heavy atom. The van der Waals surface area contributed by atoms with Crippen molar-refractivity contribution in [1.29, 1.82) is 0 Å². The van der Waals surface area contributed by atoms with Crippen molar-refractivity contribution in [2.24, 2.45) is 0 Å². The molecule has 3 rings (SSSR count). The van der Waals surface area contributed by atoms with Crippen LogP contribution in [0.15, 0.2) is 60.8 Å². The molecular formula is C19H15Cl2N3O. The van der Waals surface area contributed by atoms with Gasteiger partial charge in [-0.1, -0.05) is 41.4 Å². The number of amides is 1. The van der Waals surface area contributed by atoms with Gasteiger partial charge in [0.05, 0.1) is 22.5 Å². The number of halogens is 2. The first-order valence-corrected chi connectivity index (χ1v) is 8.34. The Labute approximate surface area is 155 Å². The van der Waals surface area contributed by atoms with Crippen molar-refractivity contribution >= 4 is 46.3 Å². The smallest absolute Gasteiger partial charge is 0.257 e. The van der Waals surface area contributed by atoms with Crippen LogP contribution in [0.2, 0.25) is 10.0 Å². The van der Waals surface area contributed by atoms with Gasteiger partial charge >= 0.3 is 0 Å². The van der Waals surface area contributed by atoms with E-state index in [0.717, 1.165) is 11.3 Å². The van der Waals surface area contributed by atoms with E-state index in [9.17, 15) is 4.79 Å². The zero-order valence-corrected chi connectivity index (χ0v) is 14.9. The van der Waals surface area contributed by atoms with E-state index in [1.807, 2.05) is 25.1 Å². The van der Waals surface area contributed by atoms with E-state index < -0.39 is 0 Å². The maximum absolute atomic E-state index is 12.2. The van der Waals surface area contributed by atoms with Crippen molar-refractivity contribution in [3.8, 4) is 0 Å². The van der Waals surface area contributed by atoms with E-state index in [2.05, 4.69) is 15.6 Å². The van der Waals surface area contributed by atoms with Crippen molar-refractivity contribution in [3.05, 3.63) is 82.0 Å². The predicted octanol–water partition coefficient (Wildman–Crippen LogP) is 5.69. The van der Waals surface area contributed by atoms with Gasteiger partial charge in [0.25, 0.3) is 5.91 Å². The summed E-state index contributed by atoms with van der Waals surface area (Å²) in [6, 6.07) is 16.1. The van der Waals surface area contributed by atoms with Gasteiger partial charge in [-0.25, -0.2) is 4.98 Å². The highest BCUT2D eigenvalue weighted by atomic mass is 35.5. The van der Waals surface area contributed by atoms with Crippen LogP contribution in [-0.4, -0.2) is 10.9 Å². The van der Waals surface area contributed by atoms with Crippen molar-refractivity contribution in [1.82, 2.24) is 4.98 Å². The second kappa shape index (κ2) is 7.55. The van der Waals surface area contributed by atoms with Gasteiger partial charge in [0, 0.05) is 10.7 Å². The van der Waals surface area contributed by atoms with Crippen molar-refractivity contribution in [2.45, 2.75) is 6.92 Å². The first-order chi connectivity index (χ1) is 12.0. The SMILES string of the molecule is Cc1c(Cl)cccc1Nc1ccc(NC(=O)c2ccccc2Cl)cn1. The van der Waals surface area contributed by atoms with Gasteiger partial charge in [-0.15, -0.1) is 0 Å². The molecule has 0 radical (unpaired) electrons. The molecule has 0 atom stereocenters. The molecule has 6 heteroatoms. The number of aromatic nitrogens is 1. The molecule has 2 N–H and O–H groups in total. The summed E-state index contributed by atoms with van der Waals surface area (Å²) >= 11 is 12.1. The molecule has 126 valence electrons. The first kappa shape index (κ1) is 17.3. The number of nitrogens with zero attached hydrogens (tertiary/aromatic N) is 1. The number of pyridine rings is 1. The van der Waals surface area contributed by atoms with Gasteiger partial charge in [0.1, 0.15) is 5.82 Å². The van der Waals surface area contributed by atoms with E-state index in [1.54, 1.807) is 42.6 Å². The lowest BCUT2D eigenvalue weighted by Crippen LogP contribution is -2.12. The van der Waals surface area contributed by atoms with Gasteiger partial charge < -0.3 is 10.6 Å². The second-order valence-electron chi connectivity index (χ2n) is 5.40. The molecule has 3 aromatic rings. The minimum atomic E-state index is -0.279. The molecule has 4 nitrogen and oxygen atoms in total. The number of hydrogen-bond acceptors (Lipinski definition) is 3. The largest absolute Gasteiger partial charge is 0.340 e. The molecule has 0 spiro atoms. The molecule has 0 aliphatic heterocycles. The average molecular weight is 372 g/mol. The van der Waals surface area contributed by atoms with E-state index in [1.165, 1.54) is 0 Å². The number of anilines is 3. The summed E-state index contributed by atoms with van der Waals surface area (Å²) in [5.74, 6) is 0.375. The van der Waals surface area contributed by atoms with Crippen LogP contribution < -0.4 is 10.6 Å². The number of nitrogens with one attached hydrogen (secondary N) is 2. The molecule has 0 saturated heterocycles. The van der Waals surface area contributed by atoms with E-state index in [0.29, 0.717) is 27.1 Å². The lowest BCUT2D eigenvalue weighted by Gasteiger charge is -2.11. The maximum Gasteiger partial charge on any atom is 0.257 e. The number of carbonyl (C=O) groups is 1. The van der Waals surface area contributed by atoms with Gasteiger partial charge in [0.2, 0.25) is 0 Å². The normalized spacial score (nSPS) is 10.4. The fraction of sp³-hybridized carbons (Fsp3) is 0.0526. The fourth-order valence-electron chi connectivity index (χ4n) is 2.27. The van der Waals surface area contributed by atoms with Crippen LogP contribution in [0.1, 0.15) is 15.9 Å². The third kappa shape index (κ3) is 4.10. The number of carbonyl (C=O) groups excluding carboxylic acids is 1. The number of rotatable bonds is 4. The molecular weight excluding hydrogens is 357 g/mol. The molecule has 1 heterocycles. The molecule has 2 aromatic carbocycles. The lowest BCUT2D eigenvalue weighted by molar-refractivity contribution is 0.102. The van der Waals surface area contributed by atoms with Crippen LogP contribution in [0, 0.1) is 6.92 Å². The van der Waals surface area contributed by atoms with Gasteiger partial charge in [-0.05, 0) is 48.9 Å². The molecule has 0 bridgehead atoms. The minimum Gasteiger partial charge on any atom is -0.340 e. The zero-order chi connectivity index (χ0) is 17.8. The summed E-state index contributed by atoms with van der Waals surface area (Å²) in [6.45, 7) is 1.93. The molecule has 25 heavy (non-hydrogen) atoms. The van der Waals surface area contributed by atoms with E-state index in [4.69, 9.17) is 23.2 Å². The summed E-state index contributed by atoms with van der Waals surface area (Å²) in [5, 5.41) is 7.07. The summed E-state index contributed by atoms with van der Waals surface area (Å²) in [7, 11) is 0. The van der Waals surface area contributed by atoms with Crippen LogP contribution in [-0.2, 0) is 0 Å². The molecule has 0 saturated carbocycles. The van der Waals surface area contributed by atoms with Crippen LogP contribution in [0.25, 0.3) is 0 Å². The lowest BCUT2D eigenvalue weighted by atomic mass is 10.2. The number of benzene rings is 2. The van der Waals surface area contributed by atoms with Crippen molar-refractivity contribution in [2.75, 3.05) is 10.6 Å². The molecule has 0 fully saturated rings. The Bertz CT molecular complexity index is 911. The molecule has 0 aliphatic carbocycles. The Kier molecular flexibility index (Phi) is 5.22. The van der Waals surface area contributed by atoms with Crippen molar-refractivity contribution < 1.29 is 4.79 Å². The average Bonchev–Trinajstić information content (AvgIpc) is 2.61. The van der Waals surface area contributed by atoms with Crippen LogP contribution in [0.4, 0.5) is 17.2 Å². The van der Waals surface area contributed by atoms with E-state index in [-0.39, 0.29) is 5.91 Å². The quantitative estimate of drug-likeness (QED) is 0.618. The maximum atomic E-state index is 12.2. The Balaban J connectivity index is 1.71. The summed E-state index contributed by atoms with van der Waals surface area (Å²) < 4.78 is 0. The number of hydrogen-bond donors (Lipinski definition) is 2. The second-order valence-corrected chi connectivity index (χ2v) is 6.22. The van der Waals surface area contributed by atoms with Gasteiger partial charge in [-0.3, -0.25) is 4.79 Å². The van der Waals surface area contributed by atoms with Gasteiger partial charge in [-0.2, -0.15) is 0 Å². The summed E-state index contributed by atoms with van der Waals surface area (Å²) in [6.07, 6.45) is 1.58. The summed E-state index contributed by atoms with van der Waals surface area (Å²) in [5.41, 5.74) is 2.83. The van der Waals surface area contributed by atoms with E-state index >= 15 is 0 Å². The van der Waals surface area contributed by atoms with Crippen LogP contribution >= 0.6 is 23.2 Å².